The van der Waals surface area contributed by atoms with E-state index in [0.717, 1.165) is 26.2 Å². The Morgan fingerprint density at radius 1 is 1.86 bits per heavy atom. The summed E-state index contributed by atoms with van der Waals surface area (Å²) >= 11 is 0. The first-order chi connectivity index (χ1) is 3.43. The Kier molecular flexibility index (Phi) is 1.65. The van der Waals surface area contributed by atoms with Crippen molar-refractivity contribution in [2.24, 2.45) is 11.7 Å². The Bertz CT molecular complexity index is 54.4. The summed E-state index contributed by atoms with van der Waals surface area (Å²) in [6.45, 7) is 2.60. The standard InChI is InChI=1S/C5H11NO.H2/c6-3-5-1-2-7-4-5;/h5H,1-4,6H2;1H. The molecular formula is C5H13NO. The maximum atomic E-state index is 5.35. The van der Waals surface area contributed by atoms with E-state index in [1.54, 1.807) is 0 Å². The summed E-state index contributed by atoms with van der Waals surface area (Å²) in [5, 5.41) is 0. The molecule has 1 fully saturated rings. The van der Waals surface area contributed by atoms with Crippen LogP contribution in [0.5, 0.6) is 0 Å². The highest BCUT2D eigenvalue weighted by atomic mass is 16.5. The fourth-order valence-electron chi connectivity index (χ4n) is 0.769. The molecule has 0 saturated carbocycles. The molecule has 0 spiro atoms. The van der Waals surface area contributed by atoms with Crippen molar-refractivity contribution >= 4 is 0 Å². The van der Waals surface area contributed by atoms with Crippen LogP contribution in [0.15, 0.2) is 0 Å². The molecule has 1 heterocycles. The minimum absolute atomic E-state index is 0. The number of rotatable bonds is 1. The Morgan fingerprint density at radius 3 is 3.00 bits per heavy atom. The lowest BCUT2D eigenvalue weighted by molar-refractivity contribution is 0.187. The van der Waals surface area contributed by atoms with Gasteiger partial charge in [0.05, 0.1) is 6.61 Å². The monoisotopic (exact) mass is 103 g/mol. The maximum absolute atomic E-state index is 5.35. The van der Waals surface area contributed by atoms with E-state index < -0.39 is 0 Å². The average Bonchev–Trinajstić information content (AvgIpc) is 2.14. The number of hydrogen-bond donors (Lipinski definition) is 1. The second kappa shape index (κ2) is 2.28. The van der Waals surface area contributed by atoms with Crippen molar-refractivity contribution in [2.45, 2.75) is 6.42 Å². The number of ether oxygens (including phenoxy) is 1. The van der Waals surface area contributed by atoms with E-state index >= 15 is 0 Å². The first-order valence-corrected chi connectivity index (χ1v) is 2.71. The van der Waals surface area contributed by atoms with Gasteiger partial charge in [-0.05, 0) is 18.9 Å². The Morgan fingerprint density at radius 2 is 2.71 bits per heavy atom. The van der Waals surface area contributed by atoms with Crippen molar-refractivity contribution < 1.29 is 6.16 Å². The summed E-state index contributed by atoms with van der Waals surface area (Å²) in [6, 6.07) is 0. The topological polar surface area (TPSA) is 35.2 Å². The van der Waals surface area contributed by atoms with Crippen molar-refractivity contribution in [1.82, 2.24) is 0 Å². The molecule has 1 saturated heterocycles. The van der Waals surface area contributed by atoms with Crippen molar-refractivity contribution in [2.75, 3.05) is 19.8 Å². The van der Waals surface area contributed by atoms with Crippen molar-refractivity contribution in [3.8, 4) is 0 Å². The summed E-state index contributed by atoms with van der Waals surface area (Å²) < 4.78 is 5.07. The smallest absolute Gasteiger partial charge is 0.0507 e. The van der Waals surface area contributed by atoms with Crippen molar-refractivity contribution in [3.05, 3.63) is 0 Å². The third-order valence-electron chi connectivity index (χ3n) is 1.36. The van der Waals surface area contributed by atoms with Crippen molar-refractivity contribution in [1.29, 1.82) is 0 Å². The Labute approximate surface area is 45.1 Å². The molecule has 1 atom stereocenters. The highest BCUT2D eigenvalue weighted by Gasteiger charge is 2.12. The molecule has 0 aromatic rings. The van der Waals surface area contributed by atoms with Crippen LogP contribution < -0.4 is 5.73 Å². The SMILES string of the molecule is NCC1CCOC1.[HH]. The Hall–Kier alpha value is -0.0800. The molecule has 1 unspecified atom stereocenters. The zero-order valence-corrected chi connectivity index (χ0v) is 4.39. The molecule has 1 rings (SSSR count). The predicted molar refractivity (Wildman–Crippen MR) is 30.1 cm³/mol. The third kappa shape index (κ3) is 1.14. The second-order valence-electron chi connectivity index (χ2n) is 1.97. The summed E-state index contributed by atoms with van der Waals surface area (Å²) in [7, 11) is 0. The largest absolute Gasteiger partial charge is 0.381 e. The van der Waals surface area contributed by atoms with E-state index in [-0.39, 0.29) is 1.43 Å². The molecule has 0 radical (unpaired) electrons. The molecule has 0 amide bonds. The lowest BCUT2D eigenvalue weighted by Gasteiger charge is -1.97. The molecule has 0 aliphatic carbocycles. The maximum Gasteiger partial charge on any atom is 0.0507 e. The van der Waals surface area contributed by atoms with Gasteiger partial charge in [0, 0.05) is 8.03 Å². The molecule has 1 aliphatic heterocycles. The van der Waals surface area contributed by atoms with Gasteiger partial charge in [-0.15, -0.1) is 0 Å². The van der Waals surface area contributed by atoms with Crippen LogP contribution in [0, 0.1) is 5.92 Å². The van der Waals surface area contributed by atoms with Crippen LogP contribution in [0.4, 0.5) is 0 Å². The molecule has 2 N–H and O–H groups in total. The van der Waals surface area contributed by atoms with Crippen LogP contribution in [0.3, 0.4) is 0 Å². The summed E-state index contributed by atoms with van der Waals surface area (Å²) in [5.41, 5.74) is 5.35. The molecule has 44 valence electrons. The molecule has 0 aromatic heterocycles. The summed E-state index contributed by atoms with van der Waals surface area (Å²) in [4.78, 5) is 0. The summed E-state index contributed by atoms with van der Waals surface area (Å²) in [5.74, 6) is 0.653. The lowest BCUT2D eigenvalue weighted by Crippen LogP contribution is -2.13. The van der Waals surface area contributed by atoms with Crippen LogP contribution in [0.2, 0.25) is 0 Å². The molecule has 0 bridgehead atoms. The first-order valence-electron chi connectivity index (χ1n) is 2.71. The average molecular weight is 103 g/mol. The molecular weight excluding hydrogens is 90.1 g/mol. The van der Waals surface area contributed by atoms with E-state index in [1.807, 2.05) is 0 Å². The minimum Gasteiger partial charge on any atom is -0.381 e. The van der Waals surface area contributed by atoms with Crippen LogP contribution in [-0.4, -0.2) is 19.8 Å². The zero-order chi connectivity index (χ0) is 5.11. The lowest BCUT2D eigenvalue weighted by atomic mass is 10.1. The highest BCUT2D eigenvalue weighted by Crippen LogP contribution is 2.08. The summed E-state index contributed by atoms with van der Waals surface area (Å²) in [6.07, 6.45) is 1.16. The van der Waals surface area contributed by atoms with Gasteiger partial charge in [-0.2, -0.15) is 0 Å². The van der Waals surface area contributed by atoms with E-state index in [2.05, 4.69) is 0 Å². The van der Waals surface area contributed by atoms with Gasteiger partial charge in [-0.1, -0.05) is 0 Å². The predicted octanol–water partition coefficient (Wildman–Crippen LogP) is 0.228. The third-order valence-corrected chi connectivity index (χ3v) is 1.36. The van der Waals surface area contributed by atoms with Crippen LogP contribution >= 0.6 is 0 Å². The fourth-order valence-corrected chi connectivity index (χ4v) is 0.769. The van der Waals surface area contributed by atoms with Gasteiger partial charge in [0.15, 0.2) is 0 Å². The Balaban J connectivity index is 0.000000490. The molecule has 2 heteroatoms. The quantitative estimate of drug-likeness (QED) is 0.515. The van der Waals surface area contributed by atoms with Gasteiger partial charge in [0.2, 0.25) is 0 Å². The van der Waals surface area contributed by atoms with Gasteiger partial charge in [-0.25, -0.2) is 0 Å². The van der Waals surface area contributed by atoms with Crippen LogP contribution in [-0.2, 0) is 4.74 Å². The second-order valence-corrected chi connectivity index (χ2v) is 1.97. The number of hydrogen-bond acceptors (Lipinski definition) is 2. The zero-order valence-electron chi connectivity index (χ0n) is 4.39. The van der Waals surface area contributed by atoms with E-state index in [0.29, 0.717) is 5.92 Å². The minimum atomic E-state index is 0. The number of nitrogens with two attached hydrogens (primary N) is 1. The molecule has 1 aliphatic rings. The van der Waals surface area contributed by atoms with E-state index in [9.17, 15) is 0 Å². The van der Waals surface area contributed by atoms with Crippen molar-refractivity contribution in [3.63, 3.8) is 0 Å². The van der Waals surface area contributed by atoms with E-state index in [1.165, 1.54) is 0 Å². The molecule has 0 aromatic carbocycles. The van der Waals surface area contributed by atoms with E-state index in [4.69, 9.17) is 10.5 Å². The normalized spacial score (nSPS) is 31.3. The van der Waals surface area contributed by atoms with Gasteiger partial charge < -0.3 is 10.5 Å². The van der Waals surface area contributed by atoms with Gasteiger partial charge >= 0.3 is 0 Å². The first kappa shape index (κ1) is 5.06. The molecule has 2 nitrogen and oxygen atoms in total. The molecule has 7 heavy (non-hydrogen) atoms. The van der Waals surface area contributed by atoms with Crippen LogP contribution in [0.25, 0.3) is 0 Å². The van der Waals surface area contributed by atoms with Crippen LogP contribution in [0.1, 0.15) is 7.85 Å². The van der Waals surface area contributed by atoms with Gasteiger partial charge in [0.1, 0.15) is 0 Å². The fraction of sp³-hybridized carbons (Fsp3) is 1.00. The van der Waals surface area contributed by atoms with Gasteiger partial charge in [0.25, 0.3) is 0 Å². The van der Waals surface area contributed by atoms with Gasteiger partial charge in [-0.3, -0.25) is 0 Å². The highest BCUT2D eigenvalue weighted by molar-refractivity contribution is 4.63.